The summed E-state index contributed by atoms with van der Waals surface area (Å²) >= 11 is 1.78. The Bertz CT molecular complexity index is 477. The third-order valence-corrected chi connectivity index (χ3v) is 4.25. The molecule has 0 aliphatic heterocycles. The number of aryl methyl sites for hydroxylation is 2. The number of nitrogens with zero attached hydrogens (tertiary/aromatic N) is 1. The Morgan fingerprint density at radius 2 is 2.25 bits per heavy atom. The van der Waals surface area contributed by atoms with Crippen LogP contribution in [0.25, 0.3) is 10.6 Å². The number of thiophene rings is 1. The van der Waals surface area contributed by atoms with E-state index in [2.05, 4.69) is 11.1 Å². The molecule has 0 saturated heterocycles. The summed E-state index contributed by atoms with van der Waals surface area (Å²) in [4.78, 5) is 6.59. The molecule has 0 amide bonds. The second-order valence-electron chi connectivity index (χ2n) is 4.05. The predicted molar refractivity (Wildman–Crippen MR) is 62.4 cm³/mol. The Morgan fingerprint density at radius 1 is 1.38 bits per heavy atom. The number of rotatable bonds is 2. The molecular weight excluding hydrogens is 222 g/mol. The van der Waals surface area contributed by atoms with Crippen molar-refractivity contribution in [3.63, 3.8) is 0 Å². The van der Waals surface area contributed by atoms with Gasteiger partial charge >= 0.3 is 0 Å². The first kappa shape index (κ1) is 10.1. The quantitative estimate of drug-likeness (QED) is 0.870. The molecule has 2 heterocycles. The second kappa shape index (κ2) is 4.03. The first-order valence-corrected chi connectivity index (χ1v) is 6.35. The number of aliphatic hydroxyl groups excluding tert-OH is 1. The number of aromatic nitrogens is 1. The van der Waals surface area contributed by atoms with Gasteiger partial charge in [-0.2, -0.15) is 0 Å². The van der Waals surface area contributed by atoms with E-state index in [1.165, 1.54) is 42.5 Å². The maximum absolute atomic E-state index is 9.15. The minimum atomic E-state index is -0.0611. The summed E-state index contributed by atoms with van der Waals surface area (Å²) < 4.78 is 5.36. The first-order valence-electron chi connectivity index (χ1n) is 5.53. The van der Waals surface area contributed by atoms with E-state index in [-0.39, 0.29) is 6.61 Å². The zero-order valence-electron chi connectivity index (χ0n) is 8.90. The van der Waals surface area contributed by atoms with Crippen LogP contribution in [0, 0.1) is 0 Å². The average molecular weight is 235 g/mol. The van der Waals surface area contributed by atoms with Crippen molar-refractivity contribution in [2.24, 2.45) is 0 Å². The molecule has 0 fully saturated rings. The molecule has 0 bridgehead atoms. The number of fused-ring (bicyclic) bond motifs is 1. The maximum atomic E-state index is 9.15. The third-order valence-electron chi connectivity index (χ3n) is 3.01. The second-order valence-corrected chi connectivity index (χ2v) is 5.19. The monoisotopic (exact) mass is 235 g/mol. The Labute approximate surface area is 97.8 Å². The van der Waals surface area contributed by atoms with Crippen LogP contribution in [0.5, 0.6) is 0 Å². The molecule has 0 aromatic carbocycles. The summed E-state index contributed by atoms with van der Waals surface area (Å²) in [6.45, 7) is -0.0611. The molecule has 3 nitrogen and oxygen atoms in total. The molecule has 3 rings (SSSR count). The largest absolute Gasteiger partial charge is 0.442 e. The van der Waals surface area contributed by atoms with Crippen molar-refractivity contribution in [1.82, 2.24) is 4.98 Å². The summed E-state index contributed by atoms with van der Waals surface area (Å²) in [5, 5.41) is 9.15. The lowest BCUT2D eigenvalue weighted by molar-refractivity contribution is 0.277. The fraction of sp³-hybridized carbons (Fsp3) is 0.417. The summed E-state index contributed by atoms with van der Waals surface area (Å²) in [6, 6.07) is 2.19. The van der Waals surface area contributed by atoms with Gasteiger partial charge in [-0.25, -0.2) is 4.98 Å². The fourth-order valence-electron chi connectivity index (χ4n) is 2.18. The predicted octanol–water partition coefficient (Wildman–Crippen LogP) is 2.77. The molecule has 0 saturated carbocycles. The van der Waals surface area contributed by atoms with E-state index in [1.807, 2.05) is 0 Å². The Hall–Kier alpha value is -1.13. The van der Waals surface area contributed by atoms with E-state index in [0.29, 0.717) is 5.69 Å². The minimum Gasteiger partial charge on any atom is -0.442 e. The Kier molecular flexibility index (Phi) is 2.53. The zero-order chi connectivity index (χ0) is 11.0. The van der Waals surface area contributed by atoms with Crippen molar-refractivity contribution < 1.29 is 9.52 Å². The highest BCUT2D eigenvalue weighted by Crippen LogP contribution is 2.36. The number of aliphatic hydroxyl groups is 1. The van der Waals surface area contributed by atoms with E-state index < -0.39 is 0 Å². The lowest BCUT2D eigenvalue weighted by atomic mass is 9.99. The molecule has 0 radical (unpaired) electrons. The van der Waals surface area contributed by atoms with Gasteiger partial charge in [0.25, 0.3) is 0 Å². The van der Waals surface area contributed by atoms with Crippen molar-refractivity contribution in [3.8, 4) is 10.6 Å². The van der Waals surface area contributed by atoms with E-state index in [4.69, 9.17) is 9.52 Å². The van der Waals surface area contributed by atoms with Crippen LogP contribution >= 0.6 is 11.3 Å². The van der Waals surface area contributed by atoms with Gasteiger partial charge in [0.05, 0.1) is 11.5 Å². The van der Waals surface area contributed by atoms with E-state index in [1.54, 1.807) is 11.3 Å². The smallest absolute Gasteiger partial charge is 0.181 e. The highest BCUT2D eigenvalue weighted by Gasteiger charge is 2.18. The maximum Gasteiger partial charge on any atom is 0.181 e. The Morgan fingerprint density at radius 3 is 3.06 bits per heavy atom. The van der Waals surface area contributed by atoms with Crippen molar-refractivity contribution >= 4 is 11.3 Å². The summed E-state index contributed by atoms with van der Waals surface area (Å²) in [6.07, 6.45) is 6.33. The van der Waals surface area contributed by atoms with Crippen LogP contribution in [0.15, 0.2) is 16.9 Å². The summed E-state index contributed by atoms with van der Waals surface area (Å²) in [5.41, 5.74) is 2.09. The van der Waals surface area contributed by atoms with Gasteiger partial charge < -0.3 is 9.52 Å². The van der Waals surface area contributed by atoms with Gasteiger partial charge in [0.15, 0.2) is 12.2 Å². The number of oxazole rings is 1. The molecular formula is C12H13NO2S. The van der Waals surface area contributed by atoms with Crippen molar-refractivity contribution in [2.45, 2.75) is 32.3 Å². The summed E-state index contributed by atoms with van der Waals surface area (Å²) in [5.74, 6) is 0.738. The molecule has 1 aliphatic rings. The van der Waals surface area contributed by atoms with Gasteiger partial charge in [-0.05, 0) is 37.3 Å². The van der Waals surface area contributed by atoms with Crippen LogP contribution in [0.1, 0.15) is 29.0 Å². The lowest BCUT2D eigenvalue weighted by Gasteiger charge is -2.08. The van der Waals surface area contributed by atoms with Gasteiger partial charge in [0.2, 0.25) is 0 Å². The molecule has 2 aromatic heterocycles. The fourth-order valence-corrected chi connectivity index (χ4v) is 3.45. The molecule has 1 N–H and O–H groups in total. The lowest BCUT2D eigenvalue weighted by Crippen LogP contribution is -1.96. The molecule has 16 heavy (non-hydrogen) atoms. The highest BCUT2D eigenvalue weighted by atomic mass is 32.1. The van der Waals surface area contributed by atoms with Crippen LogP contribution in [-0.4, -0.2) is 10.1 Å². The van der Waals surface area contributed by atoms with Crippen molar-refractivity contribution in [1.29, 1.82) is 0 Å². The number of hydrogen-bond donors (Lipinski definition) is 1. The van der Waals surface area contributed by atoms with Crippen LogP contribution < -0.4 is 0 Å². The first-order chi connectivity index (χ1) is 7.88. The average Bonchev–Trinajstić information content (AvgIpc) is 2.94. The zero-order valence-corrected chi connectivity index (χ0v) is 9.72. The van der Waals surface area contributed by atoms with Crippen LogP contribution in [-0.2, 0) is 19.4 Å². The highest BCUT2D eigenvalue weighted by molar-refractivity contribution is 7.15. The topological polar surface area (TPSA) is 46.3 Å². The van der Waals surface area contributed by atoms with Gasteiger partial charge in [-0.1, -0.05) is 0 Å². The molecule has 0 unspecified atom stereocenters. The molecule has 0 spiro atoms. The molecule has 1 aliphatic carbocycles. The standard InChI is InChI=1S/C12H13NO2S/c14-6-9-12(15-7-13-9)11-5-8-3-1-2-4-10(8)16-11/h5,7,14H,1-4,6H2. The van der Waals surface area contributed by atoms with Gasteiger partial charge in [0, 0.05) is 4.88 Å². The van der Waals surface area contributed by atoms with Gasteiger partial charge in [0.1, 0.15) is 5.69 Å². The van der Waals surface area contributed by atoms with Gasteiger partial charge in [-0.15, -0.1) is 11.3 Å². The molecule has 2 aromatic rings. The summed E-state index contributed by atoms with van der Waals surface area (Å²) in [7, 11) is 0. The van der Waals surface area contributed by atoms with Crippen molar-refractivity contribution in [2.75, 3.05) is 0 Å². The van der Waals surface area contributed by atoms with Crippen molar-refractivity contribution in [3.05, 3.63) is 28.6 Å². The van der Waals surface area contributed by atoms with E-state index in [9.17, 15) is 0 Å². The van der Waals surface area contributed by atoms with Crippen LogP contribution in [0.2, 0.25) is 0 Å². The molecule has 84 valence electrons. The van der Waals surface area contributed by atoms with E-state index in [0.717, 1.165) is 10.6 Å². The van der Waals surface area contributed by atoms with Gasteiger partial charge in [-0.3, -0.25) is 0 Å². The molecule has 4 heteroatoms. The van der Waals surface area contributed by atoms with Crippen LogP contribution in [0.4, 0.5) is 0 Å². The molecule has 0 atom stereocenters. The number of hydrogen-bond acceptors (Lipinski definition) is 4. The van der Waals surface area contributed by atoms with E-state index >= 15 is 0 Å². The minimum absolute atomic E-state index is 0.0611. The third kappa shape index (κ3) is 1.58. The van der Waals surface area contributed by atoms with Crippen LogP contribution in [0.3, 0.4) is 0 Å². The Balaban J connectivity index is 2.03. The SMILES string of the molecule is OCc1ncoc1-c1cc2c(s1)CCCC2. The normalized spacial score (nSPS) is 15.1.